The van der Waals surface area contributed by atoms with Gasteiger partial charge < -0.3 is 5.73 Å². The van der Waals surface area contributed by atoms with E-state index < -0.39 is 0 Å². The minimum Gasteiger partial charge on any atom is -0.368 e. The summed E-state index contributed by atoms with van der Waals surface area (Å²) in [6.07, 6.45) is 0. The van der Waals surface area contributed by atoms with Gasteiger partial charge in [0, 0.05) is 11.1 Å². The van der Waals surface area contributed by atoms with Crippen molar-refractivity contribution in [3.05, 3.63) is 66.2 Å². The molecular weight excluding hydrogens is 252 g/mol. The molecule has 0 fully saturated rings. The lowest BCUT2D eigenvalue weighted by molar-refractivity contribution is 0.0948. The fourth-order valence-corrected chi connectivity index (χ4v) is 1.89. The van der Waals surface area contributed by atoms with Gasteiger partial charge in [0.05, 0.1) is 0 Å². The quantitative estimate of drug-likeness (QED) is 0.770. The number of anilines is 1. The van der Waals surface area contributed by atoms with E-state index in [0.717, 1.165) is 10.2 Å². The smallest absolute Gasteiger partial charge is 0.281 e. The highest BCUT2D eigenvalue weighted by atomic mass is 16.2. The number of carbonyl (C=O) groups excluding carboxylic acids is 1. The van der Waals surface area contributed by atoms with E-state index >= 15 is 0 Å². The molecule has 1 aromatic heterocycles. The number of benzene rings is 2. The third-order valence-electron chi connectivity index (χ3n) is 2.88. The highest BCUT2D eigenvalue weighted by Gasteiger charge is 2.16. The van der Waals surface area contributed by atoms with Crippen LogP contribution in [-0.4, -0.2) is 20.7 Å². The maximum atomic E-state index is 12.3. The molecule has 0 amide bonds. The van der Waals surface area contributed by atoms with Gasteiger partial charge in [-0.2, -0.15) is 9.67 Å². The number of nitrogen functional groups attached to an aromatic ring is 1. The molecule has 2 aromatic carbocycles. The van der Waals surface area contributed by atoms with Crippen LogP contribution in [-0.2, 0) is 0 Å². The average molecular weight is 264 g/mol. The van der Waals surface area contributed by atoms with E-state index in [4.69, 9.17) is 5.73 Å². The molecule has 5 heteroatoms. The fourth-order valence-electron chi connectivity index (χ4n) is 1.89. The van der Waals surface area contributed by atoms with Gasteiger partial charge in [-0.25, -0.2) is 0 Å². The van der Waals surface area contributed by atoms with Crippen LogP contribution in [0.3, 0.4) is 0 Å². The lowest BCUT2D eigenvalue weighted by Crippen LogP contribution is -2.16. The Kier molecular flexibility index (Phi) is 3.01. The van der Waals surface area contributed by atoms with E-state index in [-0.39, 0.29) is 11.9 Å². The summed E-state index contributed by atoms with van der Waals surface area (Å²) in [5.41, 5.74) is 7.12. The second-order valence-corrected chi connectivity index (χ2v) is 4.24. The molecule has 0 atom stereocenters. The summed E-state index contributed by atoms with van der Waals surface area (Å²) < 4.78 is 1.12. The van der Waals surface area contributed by atoms with Crippen molar-refractivity contribution in [2.75, 3.05) is 5.73 Å². The van der Waals surface area contributed by atoms with Gasteiger partial charge in [-0.1, -0.05) is 48.5 Å². The summed E-state index contributed by atoms with van der Waals surface area (Å²) >= 11 is 0. The minimum atomic E-state index is -0.294. The minimum absolute atomic E-state index is 0.0812. The Bertz CT molecular complexity index is 735. The molecule has 0 bridgehead atoms. The number of nitrogens with zero attached hydrogens (tertiary/aromatic N) is 3. The molecule has 5 nitrogen and oxygen atoms in total. The van der Waals surface area contributed by atoms with Crippen LogP contribution in [0.5, 0.6) is 0 Å². The number of hydrogen-bond acceptors (Lipinski definition) is 4. The van der Waals surface area contributed by atoms with Crippen LogP contribution in [0.4, 0.5) is 5.95 Å². The Morgan fingerprint density at radius 3 is 2.20 bits per heavy atom. The van der Waals surface area contributed by atoms with E-state index in [9.17, 15) is 4.79 Å². The van der Waals surface area contributed by atoms with Crippen molar-refractivity contribution in [2.24, 2.45) is 0 Å². The second kappa shape index (κ2) is 4.97. The Morgan fingerprint density at radius 2 is 1.55 bits per heavy atom. The lowest BCUT2D eigenvalue weighted by atomic mass is 10.2. The molecule has 0 saturated heterocycles. The predicted molar refractivity (Wildman–Crippen MR) is 76.0 cm³/mol. The molecule has 0 aliphatic heterocycles. The third-order valence-corrected chi connectivity index (χ3v) is 2.88. The Morgan fingerprint density at radius 1 is 0.950 bits per heavy atom. The van der Waals surface area contributed by atoms with Crippen molar-refractivity contribution in [3.8, 4) is 11.4 Å². The average Bonchev–Trinajstić information content (AvgIpc) is 2.90. The number of nitrogens with two attached hydrogens (primary N) is 1. The first-order valence-corrected chi connectivity index (χ1v) is 6.13. The third kappa shape index (κ3) is 2.16. The van der Waals surface area contributed by atoms with Crippen LogP contribution >= 0.6 is 0 Å². The van der Waals surface area contributed by atoms with Gasteiger partial charge in [0.2, 0.25) is 5.95 Å². The molecule has 3 rings (SSSR count). The molecule has 98 valence electrons. The maximum Gasteiger partial charge on any atom is 0.281 e. The molecule has 0 radical (unpaired) electrons. The first-order valence-electron chi connectivity index (χ1n) is 6.13. The summed E-state index contributed by atoms with van der Waals surface area (Å²) in [5, 5.41) is 4.19. The Hall–Kier alpha value is -2.95. The zero-order valence-electron chi connectivity index (χ0n) is 10.6. The van der Waals surface area contributed by atoms with Crippen molar-refractivity contribution in [2.45, 2.75) is 0 Å². The van der Waals surface area contributed by atoms with Gasteiger partial charge in [0.1, 0.15) is 0 Å². The maximum absolute atomic E-state index is 12.3. The predicted octanol–water partition coefficient (Wildman–Crippen LogP) is 2.22. The van der Waals surface area contributed by atoms with Crippen molar-refractivity contribution in [1.82, 2.24) is 14.8 Å². The van der Waals surface area contributed by atoms with Gasteiger partial charge >= 0.3 is 0 Å². The van der Waals surface area contributed by atoms with Gasteiger partial charge in [0.25, 0.3) is 5.91 Å². The van der Waals surface area contributed by atoms with Crippen LogP contribution in [0, 0.1) is 0 Å². The number of hydrogen-bond donors (Lipinski definition) is 1. The van der Waals surface area contributed by atoms with Gasteiger partial charge in [-0.05, 0) is 12.1 Å². The number of carbonyl (C=O) groups is 1. The van der Waals surface area contributed by atoms with E-state index in [1.165, 1.54) is 0 Å². The molecule has 3 aromatic rings. The SMILES string of the molecule is Nc1nc(-c2ccccc2)nn1C(=O)c1ccccc1. The molecule has 0 aliphatic rings. The van der Waals surface area contributed by atoms with Gasteiger partial charge in [-0.15, -0.1) is 5.10 Å². The molecule has 0 aliphatic carbocycles. The van der Waals surface area contributed by atoms with E-state index in [1.54, 1.807) is 24.3 Å². The topological polar surface area (TPSA) is 73.8 Å². The van der Waals surface area contributed by atoms with E-state index in [1.807, 2.05) is 36.4 Å². The van der Waals surface area contributed by atoms with Crippen LogP contribution in [0.25, 0.3) is 11.4 Å². The van der Waals surface area contributed by atoms with E-state index in [2.05, 4.69) is 10.1 Å². The summed E-state index contributed by atoms with van der Waals surface area (Å²) in [7, 11) is 0. The van der Waals surface area contributed by atoms with Crippen molar-refractivity contribution < 1.29 is 4.79 Å². The summed E-state index contributed by atoms with van der Waals surface area (Å²) in [6, 6.07) is 18.2. The second-order valence-electron chi connectivity index (χ2n) is 4.24. The first kappa shape index (κ1) is 12.1. The zero-order chi connectivity index (χ0) is 13.9. The highest BCUT2D eigenvalue weighted by Crippen LogP contribution is 2.16. The normalized spacial score (nSPS) is 10.4. The zero-order valence-corrected chi connectivity index (χ0v) is 10.6. The summed E-state index contributed by atoms with van der Waals surface area (Å²) in [4.78, 5) is 16.4. The first-order chi connectivity index (χ1) is 9.75. The lowest BCUT2D eigenvalue weighted by Gasteiger charge is -2.00. The van der Waals surface area contributed by atoms with Crippen LogP contribution < -0.4 is 5.73 Å². The Labute approximate surface area is 115 Å². The van der Waals surface area contributed by atoms with Crippen LogP contribution in [0.1, 0.15) is 10.4 Å². The molecule has 1 heterocycles. The standard InChI is InChI=1S/C15H12N4O/c16-15-17-13(11-7-3-1-4-8-11)18-19(15)14(20)12-9-5-2-6-10-12/h1-10H,(H2,16,17,18). The van der Waals surface area contributed by atoms with Gasteiger partial charge in [-0.3, -0.25) is 4.79 Å². The molecule has 0 unspecified atom stereocenters. The highest BCUT2D eigenvalue weighted by molar-refractivity contribution is 5.96. The number of aromatic nitrogens is 3. The largest absolute Gasteiger partial charge is 0.368 e. The van der Waals surface area contributed by atoms with Gasteiger partial charge in [0.15, 0.2) is 5.82 Å². The van der Waals surface area contributed by atoms with Crippen molar-refractivity contribution in [3.63, 3.8) is 0 Å². The monoisotopic (exact) mass is 264 g/mol. The fraction of sp³-hybridized carbons (Fsp3) is 0. The summed E-state index contributed by atoms with van der Waals surface area (Å²) in [6.45, 7) is 0. The molecular formula is C15H12N4O. The number of rotatable bonds is 2. The Balaban J connectivity index is 2.00. The van der Waals surface area contributed by atoms with Crippen molar-refractivity contribution >= 4 is 11.9 Å². The molecule has 0 spiro atoms. The van der Waals surface area contributed by atoms with Crippen LogP contribution in [0.15, 0.2) is 60.7 Å². The van der Waals surface area contributed by atoms with E-state index in [0.29, 0.717) is 11.4 Å². The molecule has 20 heavy (non-hydrogen) atoms. The molecule has 0 saturated carbocycles. The summed E-state index contributed by atoms with van der Waals surface area (Å²) in [5.74, 6) is 0.225. The molecule has 2 N–H and O–H groups in total. The van der Waals surface area contributed by atoms with Crippen molar-refractivity contribution in [1.29, 1.82) is 0 Å². The van der Waals surface area contributed by atoms with Crippen LogP contribution in [0.2, 0.25) is 0 Å².